The van der Waals surface area contributed by atoms with Gasteiger partial charge in [-0.2, -0.15) is 13.6 Å². The van der Waals surface area contributed by atoms with Gasteiger partial charge >= 0.3 is 23.5 Å². The first-order chi connectivity index (χ1) is 15.2. The van der Waals surface area contributed by atoms with Crippen LogP contribution in [0.5, 0.6) is 0 Å². The summed E-state index contributed by atoms with van der Waals surface area (Å²) < 4.78 is 57.5. The van der Waals surface area contributed by atoms with Crippen LogP contribution in [-0.4, -0.2) is 63.0 Å². The second-order valence-corrected chi connectivity index (χ2v) is 11.5. The molecule has 0 aliphatic carbocycles. The largest absolute Gasteiger partial charge is 0.490 e. The van der Waals surface area contributed by atoms with Crippen LogP contribution in [0.1, 0.15) is 12.6 Å². The molecule has 1 fully saturated rings. The van der Waals surface area contributed by atoms with Crippen molar-refractivity contribution in [2.45, 2.75) is 24.9 Å². The quantitative estimate of drug-likeness (QED) is 0.177. The number of imidazole rings is 1. The van der Waals surface area contributed by atoms with Gasteiger partial charge in [0.05, 0.1) is 19.0 Å². The third kappa shape index (κ3) is 6.72. The van der Waals surface area contributed by atoms with Crippen molar-refractivity contribution in [3.63, 3.8) is 0 Å². The van der Waals surface area contributed by atoms with Crippen LogP contribution in [-0.2, 0) is 35.9 Å². The number of ether oxygens (including phenoxy) is 1. The molecule has 0 amide bonds. The first kappa shape index (κ1) is 26.5. The maximum atomic E-state index is 11.9. The van der Waals surface area contributed by atoms with Gasteiger partial charge in [-0.05, 0) is 0 Å². The Kier molecular flexibility index (Phi) is 7.90. The zero-order valence-corrected chi connectivity index (χ0v) is 19.6. The number of anilines is 1. The van der Waals surface area contributed by atoms with Crippen LogP contribution < -0.4 is 11.3 Å². The van der Waals surface area contributed by atoms with Gasteiger partial charge in [0.2, 0.25) is 5.95 Å². The van der Waals surface area contributed by atoms with Crippen molar-refractivity contribution >= 4 is 49.6 Å². The van der Waals surface area contributed by atoms with Gasteiger partial charge in [-0.15, -0.1) is 0 Å². The van der Waals surface area contributed by atoms with E-state index in [4.69, 9.17) is 20.3 Å². The van der Waals surface area contributed by atoms with Crippen molar-refractivity contribution < 1.29 is 60.6 Å². The molecule has 1 aliphatic heterocycles. The summed E-state index contributed by atoms with van der Waals surface area (Å²) in [4.78, 5) is 58.4. The number of aliphatic hydroxyl groups excluding tert-OH is 1. The topological polar surface area (TPSA) is 288 Å². The van der Waals surface area contributed by atoms with Crippen molar-refractivity contribution in [2.24, 2.45) is 0 Å². The smallest absolute Gasteiger partial charge is 0.390 e. The number of nitrogens with two attached hydrogens (primary N) is 1. The number of rotatable bonds is 10. The molecule has 7 atom stereocenters. The maximum absolute atomic E-state index is 11.9. The van der Waals surface area contributed by atoms with Crippen molar-refractivity contribution in [2.75, 3.05) is 12.3 Å². The second-order valence-electron chi connectivity index (χ2n) is 6.25. The summed E-state index contributed by atoms with van der Waals surface area (Å²) in [5.74, 6) is -0.195. The third-order valence-corrected chi connectivity index (χ3v) is 8.96. The molecule has 2 aromatic heterocycles. The highest BCUT2D eigenvalue weighted by Gasteiger charge is 2.44. The van der Waals surface area contributed by atoms with Crippen molar-refractivity contribution in [1.29, 1.82) is 0 Å². The molecule has 19 nitrogen and oxygen atoms in total. The standard InChI is InChI=1S/C10H17N5O14P4/c11-10-13-8-7(9(17)14-10)12-3-15(8)6-1-4(16)5(26-6)2-25-31(19,20)28-33(23,24)29-32(21,22)27-30-18/h3-6,16,18,30H,1-2H2,(H,19,20)(H,21,22)(H,23,24)(H3,11,13,14,17). The number of aliphatic hydroxyl groups is 1. The molecule has 0 bridgehead atoms. The summed E-state index contributed by atoms with van der Waals surface area (Å²) in [5.41, 5.74) is 4.89. The Balaban J connectivity index is 1.64. The van der Waals surface area contributed by atoms with E-state index in [1.807, 2.05) is 0 Å². The molecule has 7 unspecified atom stereocenters. The predicted octanol–water partition coefficient (Wildman–Crippen LogP) is -0.781. The van der Waals surface area contributed by atoms with E-state index in [2.05, 4.69) is 32.4 Å². The fraction of sp³-hybridized carbons (Fsp3) is 0.500. The molecule has 3 rings (SSSR count). The van der Waals surface area contributed by atoms with Gasteiger partial charge in [-0.25, -0.2) is 23.0 Å². The number of nitrogens with one attached hydrogen (secondary N) is 1. The summed E-state index contributed by atoms with van der Waals surface area (Å²) >= 11 is 0. The number of phosphoric ester groups is 1. The minimum absolute atomic E-state index is 0.0451. The summed E-state index contributed by atoms with van der Waals surface area (Å²) in [5, 5.41) is 10.2. The highest BCUT2D eigenvalue weighted by atomic mass is 31.3. The van der Waals surface area contributed by atoms with Crippen LogP contribution in [0.15, 0.2) is 11.1 Å². The van der Waals surface area contributed by atoms with Gasteiger partial charge in [0.25, 0.3) is 5.56 Å². The minimum atomic E-state index is -5.68. The molecule has 0 saturated carbocycles. The summed E-state index contributed by atoms with van der Waals surface area (Å²) in [6.07, 6.45) is -2.39. The zero-order valence-electron chi connectivity index (χ0n) is 15.9. The summed E-state index contributed by atoms with van der Waals surface area (Å²) in [7, 11) is -18.0. The third-order valence-electron chi connectivity index (χ3n) is 3.94. The Morgan fingerprint density at radius 3 is 2.58 bits per heavy atom. The number of nitrogens with zero attached hydrogens (tertiary/aromatic N) is 3. The van der Waals surface area contributed by atoms with Gasteiger partial charge in [0, 0.05) is 6.42 Å². The van der Waals surface area contributed by atoms with E-state index < -0.39 is 63.1 Å². The number of aromatic nitrogens is 4. The first-order valence-corrected chi connectivity index (χ1v) is 13.8. The normalized spacial score (nSPS) is 27.0. The molecule has 0 spiro atoms. The summed E-state index contributed by atoms with van der Waals surface area (Å²) in [6, 6.07) is 0. The maximum Gasteiger partial charge on any atom is 0.490 e. The average molecular weight is 555 g/mol. The number of phosphoric acid groups is 3. The van der Waals surface area contributed by atoms with E-state index in [0.717, 1.165) is 0 Å². The molecule has 23 heteroatoms. The Labute approximate surface area is 184 Å². The lowest BCUT2D eigenvalue weighted by Crippen LogP contribution is -2.26. The van der Waals surface area contributed by atoms with E-state index in [0.29, 0.717) is 0 Å². The molecule has 0 radical (unpaired) electrons. The van der Waals surface area contributed by atoms with Crippen LogP contribution >= 0.6 is 32.5 Å². The van der Waals surface area contributed by atoms with E-state index in [9.17, 15) is 33.4 Å². The molecule has 186 valence electrons. The molecule has 1 saturated heterocycles. The molecule has 8 N–H and O–H groups in total. The predicted molar refractivity (Wildman–Crippen MR) is 106 cm³/mol. The van der Waals surface area contributed by atoms with Gasteiger partial charge < -0.3 is 35.2 Å². The minimum Gasteiger partial charge on any atom is -0.390 e. The number of fused-ring (bicyclic) bond motifs is 1. The van der Waals surface area contributed by atoms with E-state index >= 15 is 0 Å². The Morgan fingerprint density at radius 1 is 1.24 bits per heavy atom. The van der Waals surface area contributed by atoms with E-state index in [-0.39, 0.29) is 23.5 Å². The zero-order chi connectivity index (χ0) is 24.6. The summed E-state index contributed by atoms with van der Waals surface area (Å²) in [6.45, 7) is -0.848. The number of hydrogen-bond donors (Lipinski definition) is 7. The highest BCUT2D eigenvalue weighted by Crippen LogP contribution is 2.68. The Hall–Kier alpha value is -1.13. The lowest BCUT2D eigenvalue weighted by molar-refractivity contribution is -0.0423. The average Bonchev–Trinajstić information content (AvgIpc) is 3.21. The van der Waals surface area contributed by atoms with Crippen LogP contribution in [0.25, 0.3) is 11.2 Å². The lowest BCUT2D eigenvalue weighted by Gasteiger charge is -2.20. The van der Waals surface area contributed by atoms with Crippen LogP contribution in [0.4, 0.5) is 5.95 Å². The molecule has 3 heterocycles. The fourth-order valence-corrected chi connectivity index (χ4v) is 6.57. The second kappa shape index (κ2) is 9.85. The molecule has 0 aromatic carbocycles. The highest BCUT2D eigenvalue weighted by molar-refractivity contribution is 7.68. The van der Waals surface area contributed by atoms with Gasteiger partial charge in [-0.3, -0.25) is 18.9 Å². The molecular weight excluding hydrogens is 538 g/mol. The van der Waals surface area contributed by atoms with Gasteiger partial charge in [-0.1, -0.05) is 0 Å². The fourth-order valence-electron chi connectivity index (χ4n) is 2.72. The number of H-pyrrole nitrogens is 1. The molecule has 2 aromatic rings. The first-order valence-electron chi connectivity index (χ1n) is 8.41. The molecular formula is C10H17N5O14P4. The van der Waals surface area contributed by atoms with E-state index in [1.165, 1.54) is 10.9 Å². The Bertz CT molecular complexity index is 1220. The van der Waals surface area contributed by atoms with Crippen molar-refractivity contribution in [3.05, 3.63) is 16.7 Å². The van der Waals surface area contributed by atoms with Crippen LogP contribution in [0.2, 0.25) is 0 Å². The molecule has 1 aliphatic rings. The monoisotopic (exact) mass is 555 g/mol. The Morgan fingerprint density at radius 2 is 1.91 bits per heavy atom. The van der Waals surface area contributed by atoms with Gasteiger partial charge in [0.15, 0.2) is 20.2 Å². The lowest BCUT2D eigenvalue weighted by atomic mass is 10.2. The van der Waals surface area contributed by atoms with Crippen molar-refractivity contribution in [1.82, 2.24) is 19.5 Å². The number of aromatic amines is 1. The SMILES string of the molecule is Nc1nc2c(ncn2C2CC(O)C(COP(=O)(O)OP(=O)(O)OP(=O)(O)OPO)O2)c(=O)[nH]1. The van der Waals surface area contributed by atoms with Gasteiger partial charge in [0.1, 0.15) is 12.3 Å². The van der Waals surface area contributed by atoms with Crippen molar-refractivity contribution in [3.8, 4) is 0 Å². The number of nitrogen functional groups attached to an aromatic ring is 1. The molecule has 33 heavy (non-hydrogen) atoms. The van der Waals surface area contributed by atoms with E-state index in [1.54, 1.807) is 0 Å². The number of hydrogen-bond acceptors (Lipinski definition) is 14. The van der Waals surface area contributed by atoms with Crippen LogP contribution in [0.3, 0.4) is 0 Å². The van der Waals surface area contributed by atoms with Crippen LogP contribution in [0, 0.1) is 0 Å².